The fraction of sp³-hybridized carbons (Fsp3) is 0.250. The molecular weight excluding hydrogens is 330 g/mol. The van der Waals surface area contributed by atoms with Crippen LogP contribution < -0.4 is 0 Å². The number of benzene rings is 2. The molecule has 132 valence electrons. The van der Waals surface area contributed by atoms with Gasteiger partial charge in [-0.3, -0.25) is 14.7 Å². The first-order valence-electron chi connectivity index (χ1n) is 8.62. The van der Waals surface area contributed by atoms with Gasteiger partial charge in [-0.1, -0.05) is 30.3 Å². The normalized spacial score (nSPS) is 17.4. The summed E-state index contributed by atoms with van der Waals surface area (Å²) in [6.45, 7) is 1.34. The van der Waals surface area contributed by atoms with Crippen molar-refractivity contribution in [1.29, 1.82) is 0 Å². The molecule has 6 nitrogen and oxygen atoms in total. The molecule has 1 aliphatic rings. The quantitative estimate of drug-likeness (QED) is 0.735. The van der Waals surface area contributed by atoms with Crippen LogP contribution >= 0.6 is 0 Å². The lowest BCUT2D eigenvalue weighted by Gasteiger charge is -2.35. The predicted octanol–water partition coefficient (Wildman–Crippen LogP) is 2.68. The minimum Gasteiger partial charge on any atom is -0.377 e. The van der Waals surface area contributed by atoms with Gasteiger partial charge in [-0.25, -0.2) is 0 Å². The van der Waals surface area contributed by atoms with Crippen LogP contribution in [0.5, 0.6) is 0 Å². The summed E-state index contributed by atoms with van der Waals surface area (Å²) in [5.74, 6) is -0.0635. The van der Waals surface area contributed by atoms with E-state index in [9.17, 15) is 9.59 Å². The lowest BCUT2D eigenvalue weighted by molar-refractivity contribution is -0.00280. The summed E-state index contributed by atoms with van der Waals surface area (Å²) in [6, 6.07) is 14.4. The molecule has 0 bridgehead atoms. The van der Waals surface area contributed by atoms with Crippen molar-refractivity contribution < 1.29 is 14.3 Å². The predicted molar refractivity (Wildman–Crippen MR) is 97.1 cm³/mol. The molecule has 6 heteroatoms. The number of carbonyl (C=O) groups is 2. The van der Waals surface area contributed by atoms with Gasteiger partial charge < -0.3 is 9.64 Å². The van der Waals surface area contributed by atoms with Gasteiger partial charge in [0.1, 0.15) is 0 Å². The zero-order valence-electron chi connectivity index (χ0n) is 14.2. The number of rotatable bonds is 4. The number of hydrogen-bond acceptors (Lipinski definition) is 4. The number of amides is 1. The van der Waals surface area contributed by atoms with Crippen molar-refractivity contribution in [3.63, 3.8) is 0 Å². The van der Waals surface area contributed by atoms with Gasteiger partial charge in [-0.05, 0) is 18.2 Å². The molecule has 0 radical (unpaired) electrons. The third-order valence-corrected chi connectivity index (χ3v) is 4.69. The van der Waals surface area contributed by atoms with E-state index in [0.29, 0.717) is 30.9 Å². The monoisotopic (exact) mass is 349 g/mol. The molecule has 1 aromatic heterocycles. The Labute approximate surface area is 150 Å². The van der Waals surface area contributed by atoms with Crippen molar-refractivity contribution in [3.05, 3.63) is 65.9 Å². The molecule has 1 fully saturated rings. The van der Waals surface area contributed by atoms with Crippen LogP contribution in [0.3, 0.4) is 0 Å². The molecule has 2 aromatic carbocycles. The summed E-state index contributed by atoms with van der Waals surface area (Å²) in [5.41, 5.74) is 2.14. The Morgan fingerprint density at radius 3 is 2.85 bits per heavy atom. The van der Waals surface area contributed by atoms with E-state index in [4.69, 9.17) is 4.74 Å². The third kappa shape index (κ3) is 3.23. The van der Waals surface area contributed by atoms with Gasteiger partial charge in [0.15, 0.2) is 5.78 Å². The van der Waals surface area contributed by atoms with Crippen molar-refractivity contribution in [3.8, 4) is 0 Å². The number of aromatic nitrogens is 2. The number of ketones is 1. The van der Waals surface area contributed by atoms with Gasteiger partial charge in [-0.15, -0.1) is 0 Å². The van der Waals surface area contributed by atoms with Gasteiger partial charge in [0.25, 0.3) is 5.91 Å². The average Bonchev–Trinajstić information content (AvgIpc) is 3.16. The van der Waals surface area contributed by atoms with E-state index >= 15 is 0 Å². The van der Waals surface area contributed by atoms with Crippen LogP contribution in [0.1, 0.15) is 27.1 Å². The zero-order chi connectivity index (χ0) is 17.9. The van der Waals surface area contributed by atoms with Gasteiger partial charge in [0.2, 0.25) is 0 Å². The summed E-state index contributed by atoms with van der Waals surface area (Å²) in [7, 11) is 0. The number of aromatic amines is 1. The zero-order valence-corrected chi connectivity index (χ0v) is 14.2. The highest BCUT2D eigenvalue weighted by Crippen LogP contribution is 2.20. The fourth-order valence-electron chi connectivity index (χ4n) is 3.29. The third-order valence-electron chi connectivity index (χ3n) is 4.69. The SMILES string of the molecule is O=C(CC1COCCN1C(=O)c1ccc2[nH]ncc2c1)c1ccccc1. The Kier molecular flexibility index (Phi) is 4.50. The highest BCUT2D eigenvalue weighted by Gasteiger charge is 2.30. The van der Waals surface area contributed by atoms with Gasteiger partial charge in [-0.2, -0.15) is 5.10 Å². The van der Waals surface area contributed by atoms with E-state index in [1.807, 2.05) is 30.3 Å². The highest BCUT2D eigenvalue weighted by molar-refractivity contribution is 5.99. The maximum Gasteiger partial charge on any atom is 0.254 e. The second kappa shape index (κ2) is 7.09. The van der Waals surface area contributed by atoms with Crippen LogP contribution in [0.25, 0.3) is 10.9 Å². The van der Waals surface area contributed by atoms with Gasteiger partial charge in [0, 0.05) is 29.5 Å². The van der Waals surface area contributed by atoms with Crippen LogP contribution in [0.15, 0.2) is 54.7 Å². The topological polar surface area (TPSA) is 75.3 Å². The largest absolute Gasteiger partial charge is 0.377 e. The number of fused-ring (bicyclic) bond motifs is 1. The van der Waals surface area contributed by atoms with Crippen molar-refractivity contribution in [1.82, 2.24) is 15.1 Å². The van der Waals surface area contributed by atoms with E-state index in [-0.39, 0.29) is 24.2 Å². The molecule has 0 spiro atoms. The number of Topliss-reactive ketones (excluding diaryl/α,β-unsaturated/α-hetero) is 1. The first-order chi connectivity index (χ1) is 12.7. The van der Waals surface area contributed by atoms with Crippen molar-refractivity contribution in [2.75, 3.05) is 19.8 Å². The second-order valence-corrected chi connectivity index (χ2v) is 6.39. The molecule has 2 heterocycles. The fourth-order valence-corrected chi connectivity index (χ4v) is 3.29. The van der Waals surface area contributed by atoms with E-state index in [1.165, 1.54) is 0 Å². The second-order valence-electron chi connectivity index (χ2n) is 6.39. The first kappa shape index (κ1) is 16.5. The molecule has 1 atom stereocenters. The van der Waals surface area contributed by atoms with Crippen molar-refractivity contribution >= 4 is 22.6 Å². The number of hydrogen-bond donors (Lipinski definition) is 1. The molecule has 1 N–H and O–H groups in total. The van der Waals surface area contributed by atoms with Crippen molar-refractivity contribution in [2.45, 2.75) is 12.5 Å². The number of ether oxygens (including phenoxy) is 1. The standard InChI is InChI=1S/C20H19N3O3/c24-19(14-4-2-1-3-5-14)11-17-13-26-9-8-23(17)20(25)15-6-7-18-16(10-15)12-21-22-18/h1-7,10,12,17H,8-9,11,13H2,(H,21,22). The summed E-state index contributed by atoms with van der Waals surface area (Å²) >= 11 is 0. The summed E-state index contributed by atoms with van der Waals surface area (Å²) in [5, 5.41) is 7.76. The Hall–Kier alpha value is -2.99. The molecule has 1 amide bonds. The Bertz CT molecular complexity index is 936. The number of nitrogens with one attached hydrogen (secondary N) is 1. The van der Waals surface area contributed by atoms with E-state index < -0.39 is 0 Å². The molecule has 1 aliphatic heterocycles. The lowest BCUT2D eigenvalue weighted by atomic mass is 10.0. The Balaban J connectivity index is 1.54. The van der Waals surface area contributed by atoms with Crippen LogP contribution in [-0.2, 0) is 4.74 Å². The molecule has 3 aromatic rings. The van der Waals surface area contributed by atoms with Crippen LogP contribution in [0, 0.1) is 0 Å². The molecule has 0 saturated carbocycles. The number of carbonyl (C=O) groups excluding carboxylic acids is 2. The molecule has 0 aliphatic carbocycles. The van der Waals surface area contributed by atoms with E-state index in [1.54, 1.807) is 29.3 Å². The Morgan fingerprint density at radius 2 is 2.00 bits per heavy atom. The lowest BCUT2D eigenvalue weighted by Crippen LogP contribution is -2.49. The number of nitrogens with zero attached hydrogens (tertiary/aromatic N) is 2. The first-order valence-corrected chi connectivity index (χ1v) is 8.62. The number of morpholine rings is 1. The number of H-pyrrole nitrogens is 1. The minimum atomic E-state index is -0.260. The summed E-state index contributed by atoms with van der Waals surface area (Å²) in [4.78, 5) is 27.3. The molecule has 1 saturated heterocycles. The van der Waals surface area contributed by atoms with Gasteiger partial charge in [0.05, 0.1) is 31.0 Å². The van der Waals surface area contributed by atoms with Crippen molar-refractivity contribution in [2.24, 2.45) is 0 Å². The Morgan fingerprint density at radius 1 is 1.15 bits per heavy atom. The molecule has 4 rings (SSSR count). The van der Waals surface area contributed by atoms with Crippen LogP contribution in [-0.4, -0.2) is 52.6 Å². The average molecular weight is 349 g/mol. The smallest absolute Gasteiger partial charge is 0.254 e. The van der Waals surface area contributed by atoms with Crippen LogP contribution in [0.4, 0.5) is 0 Å². The van der Waals surface area contributed by atoms with E-state index in [0.717, 1.165) is 10.9 Å². The van der Waals surface area contributed by atoms with E-state index in [2.05, 4.69) is 10.2 Å². The van der Waals surface area contributed by atoms with Gasteiger partial charge >= 0.3 is 0 Å². The molecule has 26 heavy (non-hydrogen) atoms. The maximum absolute atomic E-state index is 13.0. The minimum absolute atomic E-state index is 0.0178. The molecule has 1 unspecified atom stereocenters. The van der Waals surface area contributed by atoms with Crippen LogP contribution in [0.2, 0.25) is 0 Å². The highest BCUT2D eigenvalue weighted by atomic mass is 16.5. The summed E-state index contributed by atoms with van der Waals surface area (Å²) in [6.07, 6.45) is 1.95. The maximum atomic E-state index is 13.0. The molecular formula is C20H19N3O3. The summed E-state index contributed by atoms with van der Waals surface area (Å²) < 4.78 is 5.53.